The van der Waals surface area contributed by atoms with Gasteiger partial charge in [-0.1, -0.05) is 30.1 Å². The molecule has 3 aliphatic heterocycles. The van der Waals surface area contributed by atoms with Crippen LogP contribution in [0.25, 0.3) is 0 Å². The van der Waals surface area contributed by atoms with Gasteiger partial charge in [0, 0.05) is 54.3 Å². The number of benzene rings is 1. The van der Waals surface area contributed by atoms with Gasteiger partial charge in [0.2, 0.25) is 11.8 Å². The summed E-state index contributed by atoms with van der Waals surface area (Å²) in [6.45, 7) is 5.59. The predicted molar refractivity (Wildman–Crippen MR) is 125 cm³/mol. The molecule has 0 spiro atoms. The van der Waals surface area contributed by atoms with E-state index in [1.165, 1.54) is 6.42 Å². The zero-order chi connectivity index (χ0) is 22.8. The number of hydrogen-bond donors (Lipinski definition) is 0. The van der Waals surface area contributed by atoms with Crippen molar-refractivity contribution in [3.63, 3.8) is 0 Å². The third-order valence-corrected chi connectivity index (χ3v) is 7.47. The normalized spacial score (nSPS) is 24.7. The number of halogens is 2. The van der Waals surface area contributed by atoms with Crippen molar-refractivity contribution in [3.8, 4) is 0 Å². The van der Waals surface area contributed by atoms with Crippen LogP contribution in [0.2, 0.25) is 10.0 Å². The highest BCUT2D eigenvalue weighted by Crippen LogP contribution is 2.28. The predicted octanol–water partition coefficient (Wildman–Crippen LogP) is 4.10. The Morgan fingerprint density at radius 1 is 0.812 bits per heavy atom. The van der Waals surface area contributed by atoms with Crippen molar-refractivity contribution in [2.45, 2.75) is 51.5 Å². The van der Waals surface area contributed by atoms with Crippen LogP contribution in [0.15, 0.2) is 18.2 Å². The maximum Gasteiger partial charge on any atom is 0.254 e. The van der Waals surface area contributed by atoms with Gasteiger partial charge in [-0.15, -0.1) is 0 Å². The van der Waals surface area contributed by atoms with Crippen LogP contribution in [0, 0.1) is 11.8 Å². The van der Waals surface area contributed by atoms with E-state index < -0.39 is 6.04 Å². The molecule has 3 amide bonds. The van der Waals surface area contributed by atoms with E-state index in [0.29, 0.717) is 60.4 Å². The number of carbonyl (C=O) groups excluding carboxylic acids is 3. The summed E-state index contributed by atoms with van der Waals surface area (Å²) in [6.07, 6.45) is 5.10. The number of piperidine rings is 2. The van der Waals surface area contributed by atoms with Crippen LogP contribution in [-0.4, -0.2) is 71.2 Å². The number of amides is 3. The maximum absolute atomic E-state index is 13.3. The molecule has 32 heavy (non-hydrogen) atoms. The lowest BCUT2D eigenvalue weighted by molar-refractivity contribution is -0.143. The van der Waals surface area contributed by atoms with E-state index in [4.69, 9.17) is 23.2 Å². The molecule has 0 radical (unpaired) electrons. The maximum atomic E-state index is 13.3. The van der Waals surface area contributed by atoms with Crippen LogP contribution in [0.3, 0.4) is 0 Å². The Bertz CT molecular complexity index is 865. The first-order valence-electron chi connectivity index (χ1n) is 11.7. The average molecular weight is 480 g/mol. The molecular weight excluding hydrogens is 449 g/mol. The summed E-state index contributed by atoms with van der Waals surface area (Å²) in [5.74, 6) is 0.587. The summed E-state index contributed by atoms with van der Waals surface area (Å²) in [4.78, 5) is 44.8. The number of likely N-dealkylation sites (tertiary alicyclic amines) is 3. The van der Waals surface area contributed by atoms with Crippen molar-refractivity contribution < 1.29 is 14.4 Å². The van der Waals surface area contributed by atoms with E-state index in [2.05, 4.69) is 6.92 Å². The Morgan fingerprint density at radius 3 is 2.12 bits per heavy atom. The fraction of sp³-hybridized carbons (Fsp3) is 0.625. The topological polar surface area (TPSA) is 60.9 Å². The minimum absolute atomic E-state index is 0.000680. The molecule has 3 fully saturated rings. The van der Waals surface area contributed by atoms with Gasteiger partial charge in [-0.2, -0.15) is 0 Å². The van der Waals surface area contributed by atoms with Crippen LogP contribution in [0.4, 0.5) is 0 Å². The van der Waals surface area contributed by atoms with Gasteiger partial charge in [0.25, 0.3) is 5.91 Å². The molecule has 4 rings (SSSR count). The largest absolute Gasteiger partial charge is 0.342 e. The zero-order valence-corrected chi connectivity index (χ0v) is 20.1. The van der Waals surface area contributed by atoms with Gasteiger partial charge in [0.1, 0.15) is 6.04 Å². The Labute approximate surface area is 199 Å². The summed E-state index contributed by atoms with van der Waals surface area (Å²) in [6, 6.07) is 4.31. The highest BCUT2D eigenvalue weighted by atomic mass is 35.5. The molecule has 0 aromatic heterocycles. The molecule has 1 aromatic carbocycles. The molecule has 174 valence electrons. The fourth-order valence-corrected chi connectivity index (χ4v) is 5.84. The first kappa shape index (κ1) is 23.4. The van der Waals surface area contributed by atoms with E-state index in [0.717, 1.165) is 25.9 Å². The van der Waals surface area contributed by atoms with Crippen molar-refractivity contribution in [2.75, 3.05) is 32.7 Å². The Kier molecular flexibility index (Phi) is 7.30. The molecule has 3 aliphatic rings. The van der Waals surface area contributed by atoms with E-state index in [-0.39, 0.29) is 23.6 Å². The summed E-state index contributed by atoms with van der Waals surface area (Å²) in [5, 5.41) is 0.801. The zero-order valence-electron chi connectivity index (χ0n) is 18.6. The van der Waals surface area contributed by atoms with Crippen molar-refractivity contribution in [3.05, 3.63) is 33.8 Å². The minimum atomic E-state index is -0.463. The molecule has 1 aromatic rings. The van der Waals surface area contributed by atoms with E-state index in [1.807, 2.05) is 9.80 Å². The third kappa shape index (κ3) is 5.07. The lowest BCUT2D eigenvalue weighted by Gasteiger charge is -2.38. The van der Waals surface area contributed by atoms with Gasteiger partial charge in [-0.3, -0.25) is 14.4 Å². The summed E-state index contributed by atoms with van der Waals surface area (Å²) in [7, 11) is 0. The highest BCUT2D eigenvalue weighted by molar-refractivity contribution is 6.35. The molecule has 6 nitrogen and oxygen atoms in total. The standard InChI is InChI=1S/C24H31Cl2N3O3/c1-16-4-2-8-28(15-16)22(30)17-6-10-27(11-7-17)24(32)21-5-3-9-29(21)23(31)18-12-19(25)14-20(26)13-18/h12-14,16-17,21H,2-11,15H2,1H3. The Hall–Kier alpha value is -1.79. The molecule has 2 unspecified atom stereocenters. The van der Waals surface area contributed by atoms with Gasteiger partial charge in [-0.05, 0) is 62.6 Å². The molecule has 2 atom stereocenters. The Morgan fingerprint density at radius 2 is 1.47 bits per heavy atom. The molecule has 3 heterocycles. The van der Waals surface area contributed by atoms with Gasteiger partial charge in [0.05, 0.1) is 0 Å². The quantitative estimate of drug-likeness (QED) is 0.655. The number of rotatable bonds is 3. The monoisotopic (exact) mass is 479 g/mol. The van der Waals surface area contributed by atoms with Gasteiger partial charge in [0.15, 0.2) is 0 Å². The molecule has 0 aliphatic carbocycles. The van der Waals surface area contributed by atoms with Crippen molar-refractivity contribution in [1.82, 2.24) is 14.7 Å². The molecule has 0 bridgehead atoms. The SMILES string of the molecule is CC1CCCN(C(=O)C2CCN(C(=O)C3CCCN3C(=O)c3cc(Cl)cc(Cl)c3)CC2)C1. The lowest BCUT2D eigenvalue weighted by Crippen LogP contribution is -2.51. The number of hydrogen-bond acceptors (Lipinski definition) is 3. The van der Waals surface area contributed by atoms with Crippen molar-refractivity contribution >= 4 is 40.9 Å². The number of nitrogens with zero attached hydrogens (tertiary/aromatic N) is 3. The van der Waals surface area contributed by atoms with Crippen molar-refractivity contribution in [1.29, 1.82) is 0 Å². The Balaban J connectivity index is 1.36. The minimum Gasteiger partial charge on any atom is -0.342 e. The van der Waals surface area contributed by atoms with E-state index >= 15 is 0 Å². The molecule has 0 saturated carbocycles. The second kappa shape index (κ2) is 10.0. The van der Waals surface area contributed by atoms with E-state index in [1.54, 1.807) is 23.1 Å². The third-order valence-electron chi connectivity index (χ3n) is 7.03. The van der Waals surface area contributed by atoms with Crippen LogP contribution >= 0.6 is 23.2 Å². The summed E-state index contributed by atoms with van der Waals surface area (Å²) < 4.78 is 0. The summed E-state index contributed by atoms with van der Waals surface area (Å²) in [5.41, 5.74) is 0.405. The second-order valence-corrected chi connectivity index (χ2v) is 10.3. The average Bonchev–Trinajstić information content (AvgIpc) is 3.27. The molecular formula is C24H31Cl2N3O3. The smallest absolute Gasteiger partial charge is 0.254 e. The van der Waals surface area contributed by atoms with E-state index in [9.17, 15) is 14.4 Å². The first-order chi connectivity index (χ1) is 15.3. The van der Waals surface area contributed by atoms with Crippen LogP contribution in [0.5, 0.6) is 0 Å². The molecule has 0 N–H and O–H groups in total. The van der Waals surface area contributed by atoms with Gasteiger partial charge in [-0.25, -0.2) is 0 Å². The van der Waals surface area contributed by atoms with Crippen LogP contribution in [-0.2, 0) is 9.59 Å². The summed E-state index contributed by atoms with van der Waals surface area (Å²) >= 11 is 12.1. The van der Waals surface area contributed by atoms with Gasteiger partial charge >= 0.3 is 0 Å². The molecule has 3 saturated heterocycles. The van der Waals surface area contributed by atoms with Crippen LogP contribution < -0.4 is 0 Å². The number of carbonyl (C=O) groups is 3. The lowest BCUT2D eigenvalue weighted by atomic mass is 9.92. The highest BCUT2D eigenvalue weighted by Gasteiger charge is 2.39. The molecule has 8 heteroatoms. The van der Waals surface area contributed by atoms with Crippen molar-refractivity contribution in [2.24, 2.45) is 11.8 Å². The van der Waals surface area contributed by atoms with Crippen LogP contribution in [0.1, 0.15) is 55.8 Å². The van der Waals surface area contributed by atoms with Gasteiger partial charge < -0.3 is 14.7 Å². The fourth-order valence-electron chi connectivity index (χ4n) is 5.32. The second-order valence-electron chi connectivity index (χ2n) is 9.45. The first-order valence-corrected chi connectivity index (χ1v) is 12.4.